The van der Waals surface area contributed by atoms with Crippen molar-refractivity contribution in [1.82, 2.24) is 0 Å². The molecule has 0 aliphatic heterocycles. The van der Waals surface area contributed by atoms with Crippen LogP contribution in [0.15, 0.2) is 24.3 Å². The van der Waals surface area contributed by atoms with Crippen molar-refractivity contribution in [3.63, 3.8) is 0 Å². The summed E-state index contributed by atoms with van der Waals surface area (Å²) in [5, 5.41) is 6.07. The van der Waals surface area contributed by atoms with Crippen LogP contribution in [0.25, 0.3) is 0 Å². The van der Waals surface area contributed by atoms with Crippen LogP contribution < -0.4 is 10.6 Å². The standard InChI is InChI=1S/C42H76N2O2/c1-3-5-7-9-11-13-15-17-19-21-23-25-27-29-31-37-41(45)43-39-35-33-34-36-40(39)44-42(46)38-32-30-28-26-24-22-20-18-16-14-12-10-8-6-4-2/h33-36H,3-32,37-38H2,1-2H3,(H,43,45)(H,44,46). The van der Waals surface area contributed by atoms with E-state index in [2.05, 4.69) is 24.5 Å². The van der Waals surface area contributed by atoms with E-state index in [4.69, 9.17) is 0 Å². The number of amides is 2. The molecule has 0 unspecified atom stereocenters. The van der Waals surface area contributed by atoms with E-state index < -0.39 is 0 Å². The van der Waals surface area contributed by atoms with Gasteiger partial charge in [0.05, 0.1) is 11.4 Å². The number of rotatable bonds is 34. The van der Waals surface area contributed by atoms with Crippen molar-refractivity contribution >= 4 is 23.2 Å². The lowest BCUT2D eigenvalue weighted by Gasteiger charge is -2.12. The van der Waals surface area contributed by atoms with E-state index in [1.165, 1.54) is 167 Å². The summed E-state index contributed by atoms with van der Waals surface area (Å²) in [4.78, 5) is 25.2. The van der Waals surface area contributed by atoms with Gasteiger partial charge in [0.1, 0.15) is 0 Å². The van der Waals surface area contributed by atoms with Crippen molar-refractivity contribution < 1.29 is 9.59 Å². The third kappa shape index (κ3) is 27.3. The van der Waals surface area contributed by atoms with E-state index in [1.54, 1.807) is 0 Å². The van der Waals surface area contributed by atoms with Crippen LogP contribution in [0.3, 0.4) is 0 Å². The Labute approximate surface area is 286 Å². The van der Waals surface area contributed by atoms with E-state index in [9.17, 15) is 9.59 Å². The third-order valence-corrected chi connectivity index (χ3v) is 9.49. The van der Waals surface area contributed by atoms with Crippen molar-refractivity contribution in [2.24, 2.45) is 0 Å². The van der Waals surface area contributed by atoms with Gasteiger partial charge < -0.3 is 10.6 Å². The second-order valence-corrected chi connectivity index (χ2v) is 14.0. The van der Waals surface area contributed by atoms with Gasteiger partial charge in [-0.2, -0.15) is 0 Å². The summed E-state index contributed by atoms with van der Waals surface area (Å²) >= 11 is 0. The molecular formula is C42H76N2O2. The quantitative estimate of drug-likeness (QED) is 0.0736. The molecule has 0 aliphatic carbocycles. The van der Waals surface area contributed by atoms with Crippen LogP contribution in [-0.2, 0) is 9.59 Å². The number of para-hydroxylation sites is 2. The first-order chi connectivity index (χ1) is 22.7. The minimum absolute atomic E-state index is 0.0406. The highest BCUT2D eigenvalue weighted by Crippen LogP contribution is 2.22. The number of unbranched alkanes of at least 4 members (excludes halogenated alkanes) is 28. The molecule has 4 nitrogen and oxygen atoms in total. The van der Waals surface area contributed by atoms with Crippen LogP contribution in [0.5, 0.6) is 0 Å². The summed E-state index contributed by atoms with van der Waals surface area (Å²) in [5.74, 6) is 0.0811. The molecule has 1 aromatic carbocycles. The van der Waals surface area contributed by atoms with E-state index in [-0.39, 0.29) is 11.8 Å². The van der Waals surface area contributed by atoms with Crippen molar-refractivity contribution in [2.45, 2.75) is 219 Å². The maximum atomic E-state index is 12.6. The molecular weight excluding hydrogens is 564 g/mol. The van der Waals surface area contributed by atoms with E-state index >= 15 is 0 Å². The van der Waals surface area contributed by atoms with Gasteiger partial charge in [0.25, 0.3) is 0 Å². The maximum absolute atomic E-state index is 12.6. The highest BCUT2D eigenvalue weighted by molar-refractivity contribution is 5.99. The van der Waals surface area contributed by atoms with Crippen molar-refractivity contribution in [1.29, 1.82) is 0 Å². The lowest BCUT2D eigenvalue weighted by atomic mass is 10.0. The van der Waals surface area contributed by atoms with Gasteiger partial charge in [-0.05, 0) is 25.0 Å². The Morgan fingerprint density at radius 2 is 0.587 bits per heavy atom. The van der Waals surface area contributed by atoms with Crippen LogP contribution >= 0.6 is 0 Å². The molecule has 0 spiro atoms. The van der Waals surface area contributed by atoms with Crippen LogP contribution in [0, 0.1) is 0 Å². The molecule has 0 aliphatic rings. The fourth-order valence-electron chi connectivity index (χ4n) is 6.44. The summed E-state index contributed by atoms with van der Waals surface area (Å²) in [6.07, 6.45) is 40.8. The Morgan fingerprint density at radius 1 is 0.370 bits per heavy atom. The first kappa shape index (κ1) is 42.2. The maximum Gasteiger partial charge on any atom is 0.224 e. The zero-order valence-corrected chi connectivity index (χ0v) is 30.8. The molecule has 0 aromatic heterocycles. The van der Waals surface area contributed by atoms with Gasteiger partial charge in [-0.3, -0.25) is 9.59 Å². The molecule has 46 heavy (non-hydrogen) atoms. The summed E-state index contributed by atoms with van der Waals surface area (Å²) in [6, 6.07) is 7.59. The summed E-state index contributed by atoms with van der Waals surface area (Å²) in [5.41, 5.74) is 1.41. The largest absolute Gasteiger partial charge is 0.324 e. The minimum Gasteiger partial charge on any atom is -0.324 e. The van der Waals surface area contributed by atoms with Crippen LogP contribution in [0.1, 0.15) is 219 Å². The Bertz CT molecular complexity index is 757. The normalized spacial score (nSPS) is 11.2. The van der Waals surface area contributed by atoms with Gasteiger partial charge in [-0.25, -0.2) is 0 Å². The average molecular weight is 641 g/mol. The van der Waals surface area contributed by atoms with Crippen molar-refractivity contribution in [3.05, 3.63) is 24.3 Å². The number of carbonyl (C=O) groups excluding carboxylic acids is 2. The molecule has 1 aromatic rings. The van der Waals surface area contributed by atoms with Crippen molar-refractivity contribution in [2.75, 3.05) is 10.6 Å². The predicted molar refractivity (Wildman–Crippen MR) is 203 cm³/mol. The average Bonchev–Trinajstić information content (AvgIpc) is 3.05. The monoisotopic (exact) mass is 641 g/mol. The molecule has 0 bridgehead atoms. The van der Waals surface area contributed by atoms with Gasteiger partial charge >= 0.3 is 0 Å². The molecule has 4 heteroatoms. The van der Waals surface area contributed by atoms with Gasteiger partial charge in [-0.15, -0.1) is 0 Å². The number of nitrogens with one attached hydrogen (secondary N) is 2. The number of benzene rings is 1. The minimum atomic E-state index is 0.0406. The van der Waals surface area contributed by atoms with Gasteiger partial charge in [0, 0.05) is 12.8 Å². The molecule has 0 atom stereocenters. The number of hydrogen-bond donors (Lipinski definition) is 2. The molecule has 0 saturated heterocycles. The Morgan fingerprint density at radius 3 is 0.826 bits per heavy atom. The number of carbonyl (C=O) groups is 2. The van der Waals surface area contributed by atoms with E-state index in [0.29, 0.717) is 24.2 Å². The molecule has 2 N–H and O–H groups in total. The molecule has 0 radical (unpaired) electrons. The molecule has 266 valence electrons. The lowest BCUT2D eigenvalue weighted by Crippen LogP contribution is -2.16. The van der Waals surface area contributed by atoms with Gasteiger partial charge in [-0.1, -0.05) is 206 Å². The smallest absolute Gasteiger partial charge is 0.224 e. The Hall–Kier alpha value is -1.84. The molecule has 0 heterocycles. The van der Waals surface area contributed by atoms with Gasteiger partial charge in [0.15, 0.2) is 0 Å². The van der Waals surface area contributed by atoms with Gasteiger partial charge in [0.2, 0.25) is 11.8 Å². The van der Waals surface area contributed by atoms with E-state index in [1.807, 2.05) is 24.3 Å². The first-order valence-electron chi connectivity index (χ1n) is 20.4. The zero-order chi connectivity index (χ0) is 33.2. The second-order valence-electron chi connectivity index (χ2n) is 14.0. The highest BCUT2D eigenvalue weighted by atomic mass is 16.2. The number of hydrogen-bond acceptors (Lipinski definition) is 2. The summed E-state index contributed by atoms with van der Waals surface area (Å²) < 4.78 is 0. The third-order valence-electron chi connectivity index (χ3n) is 9.49. The molecule has 0 saturated carbocycles. The predicted octanol–water partition coefficient (Wildman–Crippen LogP) is 14.1. The molecule has 0 fully saturated rings. The Kier molecular flexibility index (Phi) is 30.3. The van der Waals surface area contributed by atoms with Crippen LogP contribution in [0.2, 0.25) is 0 Å². The molecule has 1 rings (SSSR count). The summed E-state index contributed by atoms with van der Waals surface area (Å²) in [7, 11) is 0. The summed E-state index contributed by atoms with van der Waals surface area (Å²) in [6.45, 7) is 4.56. The molecule has 2 amide bonds. The van der Waals surface area contributed by atoms with Crippen molar-refractivity contribution in [3.8, 4) is 0 Å². The second kappa shape index (κ2) is 33.1. The number of anilines is 2. The zero-order valence-electron chi connectivity index (χ0n) is 30.8. The SMILES string of the molecule is CCCCCCCCCCCCCCCCCC(=O)Nc1ccccc1NC(=O)CCCCCCCCCCCCCCCCC. The van der Waals surface area contributed by atoms with Crippen LogP contribution in [0.4, 0.5) is 11.4 Å². The van der Waals surface area contributed by atoms with E-state index in [0.717, 1.165) is 25.7 Å². The van der Waals surface area contributed by atoms with Crippen LogP contribution in [-0.4, -0.2) is 11.8 Å². The lowest BCUT2D eigenvalue weighted by molar-refractivity contribution is -0.117. The fourth-order valence-corrected chi connectivity index (χ4v) is 6.44. The topological polar surface area (TPSA) is 58.2 Å². The highest BCUT2D eigenvalue weighted by Gasteiger charge is 2.09. The first-order valence-corrected chi connectivity index (χ1v) is 20.4. The fraction of sp³-hybridized carbons (Fsp3) is 0.810. The Balaban J connectivity index is 2.00.